The molecular weight excluding hydrogens is 353 g/mol. The average Bonchev–Trinajstić information content (AvgIpc) is 2.23. The molecule has 1 fully saturated rings. The summed E-state index contributed by atoms with van der Waals surface area (Å²) in [6, 6.07) is 7.09. The van der Waals surface area contributed by atoms with Crippen molar-refractivity contribution in [2.75, 3.05) is 6.54 Å². The highest BCUT2D eigenvalue weighted by Crippen LogP contribution is 2.29. The number of benzene rings is 1. The lowest BCUT2D eigenvalue weighted by molar-refractivity contribution is 0.411. The first-order chi connectivity index (χ1) is 6.77. The molecule has 76 valence electrons. The molecular formula is C11H13BrIN. The Labute approximate surface area is 107 Å². The van der Waals surface area contributed by atoms with Crippen molar-refractivity contribution in [1.29, 1.82) is 0 Å². The van der Waals surface area contributed by atoms with Gasteiger partial charge in [0.2, 0.25) is 0 Å². The lowest BCUT2D eigenvalue weighted by Crippen LogP contribution is -2.27. The van der Waals surface area contributed by atoms with E-state index >= 15 is 0 Å². The largest absolute Gasteiger partial charge is 0.310 e. The van der Waals surface area contributed by atoms with E-state index in [0.29, 0.717) is 6.04 Å². The first-order valence-electron chi connectivity index (χ1n) is 4.96. The second kappa shape index (κ2) is 4.94. The van der Waals surface area contributed by atoms with Crippen molar-refractivity contribution in [3.63, 3.8) is 0 Å². The molecule has 1 saturated heterocycles. The van der Waals surface area contributed by atoms with E-state index in [-0.39, 0.29) is 0 Å². The predicted octanol–water partition coefficient (Wildman–Crippen LogP) is 3.87. The number of hydrogen-bond donors (Lipinski definition) is 1. The van der Waals surface area contributed by atoms with Gasteiger partial charge in [-0.3, -0.25) is 0 Å². The van der Waals surface area contributed by atoms with E-state index in [2.05, 4.69) is 62.0 Å². The summed E-state index contributed by atoms with van der Waals surface area (Å²) in [6.07, 6.45) is 3.94. The quantitative estimate of drug-likeness (QED) is 0.745. The molecule has 0 aromatic heterocycles. The van der Waals surface area contributed by atoms with Crippen molar-refractivity contribution >= 4 is 38.5 Å². The Balaban J connectivity index is 2.24. The minimum atomic E-state index is 0.563. The van der Waals surface area contributed by atoms with Gasteiger partial charge in [-0.05, 0) is 65.7 Å². The van der Waals surface area contributed by atoms with Crippen molar-refractivity contribution in [2.24, 2.45) is 0 Å². The van der Waals surface area contributed by atoms with Crippen LogP contribution in [-0.2, 0) is 0 Å². The van der Waals surface area contributed by atoms with Gasteiger partial charge in [0.1, 0.15) is 0 Å². The van der Waals surface area contributed by atoms with Gasteiger partial charge in [-0.25, -0.2) is 0 Å². The van der Waals surface area contributed by atoms with E-state index in [1.807, 2.05) is 0 Å². The normalized spacial score (nSPS) is 22.3. The van der Waals surface area contributed by atoms with Crippen LogP contribution in [0.2, 0.25) is 0 Å². The fourth-order valence-corrected chi connectivity index (χ4v) is 2.99. The van der Waals surface area contributed by atoms with Crippen LogP contribution in [0.3, 0.4) is 0 Å². The molecule has 1 unspecified atom stereocenters. The molecule has 1 heterocycles. The number of hydrogen-bond acceptors (Lipinski definition) is 1. The minimum Gasteiger partial charge on any atom is -0.310 e. The molecule has 0 radical (unpaired) electrons. The minimum absolute atomic E-state index is 0.563. The summed E-state index contributed by atoms with van der Waals surface area (Å²) in [5.74, 6) is 0. The molecule has 2 rings (SSSR count). The summed E-state index contributed by atoms with van der Waals surface area (Å²) >= 11 is 5.95. The zero-order chi connectivity index (χ0) is 9.97. The van der Waals surface area contributed by atoms with Gasteiger partial charge < -0.3 is 5.32 Å². The van der Waals surface area contributed by atoms with Gasteiger partial charge in [-0.1, -0.05) is 22.4 Å². The highest BCUT2D eigenvalue weighted by molar-refractivity contribution is 14.1. The van der Waals surface area contributed by atoms with Gasteiger partial charge in [-0.15, -0.1) is 0 Å². The first-order valence-corrected chi connectivity index (χ1v) is 6.83. The summed E-state index contributed by atoms with van der Waals surface area (Å²) in [5.41, 5.74) is 1.44. The molecule has 1 aromatic carbocycles. The first kappa shape index (κ1) is 10.9. The predicted molar refractivity (Wildman–Crippen MR) is 71.5 cm³/mol. The SMILES string of the molecule is Brc1ccc(I)c(C2CCCCN2)c1. The van der Waals surface area contributed by atoms with Crippen LogP contribution >= 0.6 is 38.5 Å². The van der Waals surface area contributed by atoms with E-state index in [0.717, 1.165) is 6.54 Å². The van der Waals surface area contributed by atoms with Crippen LogP contribution in [-0.4, -0.2) is 6.54 Å². The third-order valence-corrected chi connectivity index (χ3v) is 4.12. The van der Waals surface area contributed by atoms with E-state index in [4.69, 9.17) is 0 Å². The van der Waals surface area contributed by atoms with Crippen molar-refractivity contribution in [3.05, 3.63) is 31.8 Å². The number of rotatable bonds is 1. The van der Waals surface area contributed by atoms with Crippen molar-refractivity contribution in [3.8, 4) is 0 Å². The van der Waals surface area contributed by atoms with E-state index in [1.54, 1.807) is 0 Å². The monoisotopic (exact) mass is 365 g/mol. The molecule has 14 heavy (non-hydrogen) atoms. The summed E-state index contributed by atoms with van der Waals surface area (Å²) < 4.78 is 2.55. The standard InChI is InChI=1S/C11H13BrIN/c12-8-4-5-10(13)9(7-8)11-3-1-2-6-14-11/h4-5,7,11,14H,1-3,6H2. The van der Waals surface area contributed by atoms with Crippen LogP contribution in [0.5, 0.6) is 0 Å². The summed E-state index contributed by atoms with van der Waals surface area (Å²) in [4.78, 5) is 0. The van der Waals surface area contributed by atoms with E-state index < -0.39 is 0 Å². The summed E-state index contributed by atoms with van der Waals surface area (Å²) in [5, 5.41) is 3.58. The number of halogens is 2. The average molecular weight is 366 g/mol. The Morgan fingerprint density at radius 3 is 2.93 bits per heavy atom. The Morgan fingerprint density at radius 2 is 2.21 bits per heavy atom. The van der Waals surface area contributed by atoms with Crippen LogP contribution in [0, 0.1) is 3.57 Å². The van der Waals surface area contributed by atoms with E-state index in [1.165, 1.54) is 32.9 Å². The molecule has 3 heteroatoms. The molecule has 1 N–H and O–H groups in total. The number of nitrogens with one attached hydrogen (secondary N) is 1. The molecule has 0 saturated carbocycles. The lowest BCUT2D eigenvalue weighted by atomic mass is 9.98. The second-order valence-electron chi connectivity index (χ2n) is 3.67. The topological polar surface area (TPSA) is 12.0 Å². The van der Waals surface area contributed by atoms with Crippen LogP contribution in [0.25, 0.3) is 0 Å². The van der Waals surface area contributed by atoms with Gasteiger partial charge in [0.25, 0.3) is 0 Å². The maximum atomic E-state index is 3.58. The van der Waals surface area contributed by atoms with Gasteiger partial charge in [0, 0.05) is 14.1 Å². The molecule has 1 nitrogen and oxygen atoms in total. The highest BCUT2D eigenvalue weighted by Gasteiger charge is 2.16. The molecule has 0 aliphatic carbocycles. The Bertz CT molecular complexity index is 321. The van der Waals surface area contributed by atoms with Gasteiger partial charge in [-0.2, -0.15) is 0 Å². The Morgan fingerprint density at radius 1 is 1.36 bits per heavy atom. The van der Waals surface area contributed by atoms with Crippen molar-refractivity contribution in [2.45, 2.75) is 25.3 Å². The molecule has 0 spiro atoms. The second-order valence-corrected chi connectivity index (χ2v) is 5.75. The molecule has 1 aromatic rings. The maximum Gasteiger partial charge on any atom is 0.0331 e. The van der Waals surface area contributed by atoms with Crippen molar-refractivity contribution < 1.29 is 0 Å². The Hall–Kier alpha value is 0.390. The van der Waals surface area contributed by atoms with E-state index in [9.17, 15) is 0 Å². The van der Waals surface area contributed by atoms with Crippen LogP contribution in [0.4, 0.5) is 0 Å². The van der Waals surface area contributed by atoms with Crippen LogP contribution in [0.15, 0.2) is 22.7 Å². The third-order valence-electron chi connectivity index (χ3n) is 2.64. The Kier molecular flexibility index (Phi) is 3.85. The third kappa shape index (κ3) is 2.49. The fourth-order valence-electron chi connectivity index (χ4n) is 1.90. The molecule has 1 aliphatic heterocycles. The summed E-state index contributed by atoms with van der Waals surface area (Å²) in [7, 11) is 0. The molecule has 1 aliphatic rings. The van der Waals surface area contributed by atoms with Crippen LogP contribution in [0.1, 0.15) is 30.9 Å². The number of piperidine rings is 1. The highest BCUT2D eigenvalue weighted by atomic mass is 127. The summed E-state index contributed by atoms with van der Waals surface area (Å²) in [6.45, 7) is 1.16. The molecule has 1 atom stereocenters. The zero-order valence-corrected chi connectivity index (χ0v) is 11.6. The zero-order valence-electron chi connectivity index (χ0n) is 7.89. The smallest absolute Gasteiger partial charge is 0.0331 e. The van der Waals surface area contributed by atoms with Gasteiger partial charge >= 0.3 is 0 Å². The fraction of sp³-hybridized carbons (Fsp3) is 0.455. The van der Waals surface area contributed by atoms with Crippen molar-refractivity contribution in [1.82, 2.24) is 5.32 Å². The maximum absolute atomic E-state index is 3.58. The van der Waals surface area contributed by atoms with Gasteiger partial charge in [0.05, 0.1) is 0 Å². The van der Waals surface area contributed by atoms with Crippen LogP contribution < -0.4 is 5.32 Å². The molecule has 0 amide bonds. The van der Waals surface area contributed by atoms with Gasteiger partial charge in [0.15, 0.2) is 0 Å². The molecule has 0 bridgehead atoms. The lowest BCUT2D eigenvalue weighted by Gasteiger charge is -2.24.